The van der Waals surface area contributed by atoms with Gasteiger partial charge < -0.3 is 15.0 Å². The van der Waals surface area contributed by atoms with Crippen LogP contribution >= 0.6 is 0 Å². The van der Waals surface area contributed by atoms with Gasteiger partial charge in [0.05, 0.1) is 12.3 Å². The molecule has 0 saturated carbocycles. The molecule has 1 amide bonds. The number of benzene rings is 1. The molecule has 1 atom stereocenters. The molecule has 6 nitrogen and oxygen atoms in total. The number of rotatable bonds is 4. The van der Waals surface area contributed by atoms with Crippen molar-refractivity contribution in [1.29, 1.82) is 0 Å². The second kappa shape index (κ2) is 5.94. The molecule has 2 aromatic rings. The quantitative estimate of drug-likeness (QED) is 0.709. The lowest BCUT2D eigenvalue weighted by Gasteiger charge is -2.13. The van der Waals surface area contributed by atoms with Gasteiger partial charge in [-0.05, 0) is 43.1 Å². The standard InChI is InChI=1S/C15H18BN3O3/c1-9(5-13-6-10(2)18-19-13)17-15(20)11-3-4-12-8-22-16(21)14(12)7-11/h3-4,6-7,9,21H,5,8H2,1-2H3,(H,17,20)(H,18,19). The van der Waals surface area contributed by atoms with Crippen LogP contribution in [0.15, 0.2) is 24.3 Å². The van der Waals surface area contributed by atoms with Crippen molar-refractivity contribution in [2.24, 2.45) is 0 Å². The Morgan fingerprint density at radius 3 is 3.09 bits per heavy atom. The van der Waals surface area contributed by atoms with Gasteiger partial charge in [-0.1, -0.05) is 6.07 Å². The Labute approximate surface area is 129 Å². The smallest absolute Gasteiger partial charge is 0.423 e. The molecule has 1 aromatic carbocycles. The van der Waals surface area contributed by atoms with E-state index in [0.717, 1.165) is 17.0 Å². The van der Waals surface area contributed by atoms with Crippen molar-refractivity contribution in [2.75, 3.05) is 0 Å². The predicted octanol–water partition coefficient (Wildman–Crippen LogP) is 0.297. The third-order valence-corrected chi connectivity index (χ3v) is 3.72. The fourth-order valence-corrected chi connectivity index (χ4v) is 2.61. The van der Waals surface area contributed by atoms with Crippen molar-refractivity contribution in [2.45, 2.75) is 32.9 Å². The van der Waals surface area contributed by atoms with Gasteiger partial charge in [0.25, 0.3) is 5.91 Å². The zero-order valence-corrected chi connectivity index (χ0v) is 12.6. The first-order chi connectivity index (χ1) is 10.5. The molecule has 1 aliphatic rings. The molecule has 1 aliphatic heterocycles. The van der Waals surface area contributed by atoms with Gasteiger partial charge in [-0.3, -0.25) is 9.89 Å². The van der Waals surface area contributed by atoms with Crippen LogP contribution < -0.4 is 10.8 Å². The number of hydrogen-bond donors (Lipinski definition) is 3. The fraction of sp³-hybridized carbons (Fsp3) is 0.333. The Hall–Kier alpha value is -2.12. The van der Waals surface area contributed by atoms with Gasteiger partial charge in [0.15, 0.2) is 0 Å². The number of hydrogen-bond acceptors (Lipinski definition) is 4. The summed E-state index contributed by atoms with van der Waals surface area (Å²) < 4.78 is 5.13. The highest BCUT2D eigenvalue weighted by Gasteiger charge is 2.28. The topological polar surface area (TPSA) is 87.2 Å². The summed E-state index contributed by atoms with van der Waals surface area (Å²) in [6.07, 6.45) is 0.659. The maximum atomic E-state index is 12.3. The molecule has 0 saturated heterocycles. The van der Waals surface area contributed by atoms with E-state index in [-0.39, 0.29) is 11.9 Å². The highest BCUT2D eigenvalue weighted by Crippen LogP contribution is 2.12. The first kappa shape index (κ1) is 14.8. The Kier molecular flexibility index (Phi) is 4.00. The third kappa shape index (κ3) is 3.05. The molecule has 1 aromatic heterocycles. The lowest BCUT2D eigenvalue weighted by Crippen LogP contribution is -2.35. The molecule has 0 radical (unpaired) electrons. The zero-order chi connectivity index (χ0) is 15.7. The zero-order valence-electron chi connectivity index (χ0n) is 12.6. The normalized spacial score (nSPS) is 14.8. The van der Waals surface area contributed by atoms with Crippen LogP contribution in [0.1, 0.15) is 34.2 Å². The molecule has 114 valence electrons. The van der Waals surface area contributed by atoms with E-state index in [4.69, 9.17) is 4.65 Å². The van der Waals surface area contributed by atoms with Crippen LogP contribution in [0.4, 0.5) is 0 Å². The first-order valence-corrected chi connectivity index (χ1v) is 7.27. The summed E-state index contributed by atoms with van der Waals surface area (Å²) in [6.45, 7) is 4.26. The van der Waals surface area contributed by atoms with E-state index in [1.165, 1.54) is 0 Å². The molecular weight excluding hydrogens is 281 g/mol. The Balaban J connectivity index is 1.65. The number of fused-ring (bicyclic) bond motifs is 1. The summed E-state index contributed by atoms with van der Waals surface area (Å²) in [5, 5.41) is 19.7. The first-order valence-electron chi connectivity index (χ1n) is 7.27. The number of aromatic nitrogens is 2. The van der Waals surface area contributed by atoms with Gasteiger partial charge in [-0.15, -0.1) is 0 Å². The second-order valence-electron chi connectivity index (χ2n) is 5.70. The van der Waals surface area contributed by atoms with Crippen LogP contribution in [0.5, 0.6) is 0 Å². The van der Waals surface area contributed by atoms with Crippen molar-refractivity contribution in [3.8, 4) is 0 Å². The summed E-state index contributed by atoms with van der Waals surface area (Å²) in [5.41, 5.74) is 4.03. The van der Waals surface area contributed by atoms with Crippen LogP contribution in [-0.2, 0) is 17.7 Å². The fourth-order valence-electron chi connectivity index (χ4n) is 2.61. The summed E-state index contributed by atoms with van der Waals surface area (Å²) >= 11 is 0. The van der Waals surface area contributed by atoms with E-state index in [1.807, 2.05) is 26.0 Å². The summed E-state index contributed by atoms with van der Waals surface area (Å²) in [6, 6.07) is 7.19. The number of carbonyl (C=O) groups excluding carboxylic acids is 1. The summed E-state index contributed by atoms with van der Waals surface area (Å²) in [4.78, 5) is 12.3. The van der Waals surface area contributed by atoms with Crippen molar-refractivity contribution in [3.63, 3.8) is 0 Å². The molecule has 3 rings (SSSR count). The van der Waals surface area contributed by atoms with Crippen LogP contribution in [0, 0.1) is 6.92 Å². The van der Waals surface area contributed by atoms with Gasteiger partial charge >= 0.3 is 7.12 Å². The van der Waals surface area contributed by atoms with Gasteiger partial charge in [0.2, 0.25) is 0 Å². The van der Waals surface area contributed by atoms with E-state index in [2.05, 4.69) is 15.5 Å². The Morgan fingerprint density at radius 2 is 2.36 bits per heavy atom. The molecule has 0 spiro atoms. The van der Waals surface area contributed by atoms with Crippen molar-refractivity contribution >= 4 is 18.5 Å². The Morgan fingerprint density at radius 1 is 1.55 bits per heavy atom. The van der Waals surface area contributed by atoms with Crippen molar-refractivity contribution in [3.05, 3.63) is 46.8 Å². The molecule has 0 bridgehead atoms. The van der Waals surface area contributed by atoms with E-state index in [1.54, 1.807) is 12.1 Å². The number of H-pyrrole nitrogens is 1. The molecule has 0 fully saturated rings. The number of carbonyl (C=O) groups is 1. The minimum atomic E-state index is -0.938. The van der Waals surface area contributed by atoms with Crippen LogP contribution in [-0.4, -0.2) is 34.3 Å². The average molecular weight is 299 g/mol. The van der Waals surface area contributed by atoms with Gasteiger partial charge in [0, 0.05) is 23.7 Å². The number of nitrogens with zero attached hydrogens (tertiary/aromatic N) is 1. The third-order valence-electron chi connectivity index (χ3n) is 3.72. The predicted molar refractivity (Wildman–Crippen MR) is 82.8 cm³/mol. The summed E-state index contributed by atoms with van der Waals surface area (Å²) in [7, 11) is -0.938. The summed E-state index contributed by atoms with van der Waals surface area (Å²) in [5.74, 6) is -0.165. The molecular formula is C15H18BN3O3. The van der Waals surface area contributed by atoms with E-state index in [9.17, 15) is 9.82 Å². The second-order valence-corrected chi connectivity index (χ2v) is 5.70. The highest BCUT2D eigenvalue weighted by molar-refractivity contribution is 6.61. The number of amides is 1. The van der Waals surface area contributed by atoms with Gasteiger partial charge in [0.1, 0.15) is 0 Å². The molecule has 0 aliphatic carbocycles. The van der Waals surface area contributed by atoms with E-state index < -0.39 is 7.12 Å². The monoisotopic (exact) mass is 299 g/mol. The number of aromatic amines is 1. The lowest BCUT2D eigenvalue weighted by atomic mass is 9.79. The van der Waals surface area contributed by atoms with Gasteiger partial charge in [-0.25, -0.2) is 0 Å². The molecule has 3 N–H and O–H groups in total. The minimum absolute atomic E-state index is 0.0374. The van der Waals surface area contributed by atoms with Crippen LogP contribution in [0.25, 0.3) is 0 Å². The molecule has 22 heavy (non-hydrogen) atoms. The van der Waals surface area contributed by atoms with Crippen molar-refractivity contribution in [1.82, 2.24) is 15.5 Å². The number of nitrogens with one attached hydrogen (secondary N) is 2. The average Bonchev–Trinajstić information content (AvgIpc) is 3.05. The van der Waals surface area contributed by atoms with Crippen LogP contribution in [0.3, 0.4) is 0 Å². The van der Waals surface area contributed by atoms with Gasteiger partial charge in [-0.2, -0.15) is 5.10 Å². The maximum Gasteiger partial charge on any atom is 0.491 e. The molecule has 1 unspecified atom stereocenters. The largest absolute Gasteiger partial charge is 0.491 e. The van der Waals surface area contributed by atoms with E-state index >= 15 is 0 Å². The number of aryl methyl sites for hydroxylation is 1. The van der Waals surface area contributed by atoms with Crippen LogP contribution in [0.2, 0.25) is 0 Å². The highest BCUT2D eigenvalue weighted by atomic mass is 16.5. The van der Waals surface area contributed by atoms with Crippen molar-refractivity contribution < 1.29 is 14.5 Å². The molecule has 2 heterocycles. The molecule has 7 heteroatoms. The minimum Gasteiger partial charge on any atom is -0.423 e. The SMILES string of the molecule is Cc1cc(CC(C)NC(=O)c2ccc3c(c2)B(O)OC3)n[nH]1. The van der Waals surface area contributed by atoms with E-state index in [0.29, 0.717) is 24.1 Å². The Bertz CT molecular complexity index is 701. The maximum absolute atomic E-state index is 12.3. The lowest BCUT2D eigenvalue weighted by molar-refractivity contribution is 0.0940.